The lowest BCUT2D eigenvalue weighted by molar-refractivity contribution is 0.0635. The highest BCUT2D eigenvalue weighted by Crippen LogP contribution is 2.32. The number of carbonyl (C=O) groups excluding carboxylic acids is 1. The number of fused-ring (bicyclic) bond motifs is 1. The minimum atomic E-state index is 0.0589. The van der Waals surface area contributed by atoms with Crippen molar-refractivity contribution in [3.8, 4) is 0 Å². The van der Waals surface area contributed by atoms with E-state index in [0.717, 1.165) is 29.6 Å². The Morgan fingerprint density at radius 3 is 3.25 bits per heavy atom. The van der Waals surface area contributed by atoms with Gasteiger partial charge in [-0.15, -0.1) is 11.3 Å². The lowest BCUT2D eigenvalue weighted by Gasteiger charge is -2.23. The fourth-order valence-electron chi connectivity index (χ4n) is 2.62. The van der Waals surface area contributed by atoms with Gasteiger partial charge in [-0.25, -0.2) is 0 Å². The summed E-state index contributed by atoms with van der Waals surface area (Å²) in [7, 11) is 1.67. The molecule has 3 heterocycles. The average Bonchev–Trinajstić information content (AvgIpc) is 3.05. The number of nitrogens with zero attached hydrogens (tertiary/aromatic N) is 2. The summed E-state index contributed by atoms with van der Waals surface area (Å²) in [6.07, 6.45) is 3.70. The van der Waals surface area contributed by atoms with Crippen molar-refractivity contribution >= 4 is 39.1 Å². The number of pyridine rings is 1. The molecule has 0 aliphatic carbocycles. The zero-order valence-electron chi connectivity index (χ0n) is 11.1. The molecule has 20 heavy (non-hydrogen) atoms. The Kier molecular flexibility index (Phi) is 3.92. The number of halogens is 1. The number of hydrogen-bond acceptors (Lipinski definition) is 4. The number of ether oxygens (including phenoxy) is 1. The van der Waals surface area contributed by atoms with Crippen LogP contribution in [-0.4, -0.2) is 42.1 Å². The summed E-state index contributed by atoms with van der Waals surface area (Å²) in [6.45, 7) is 1.39. The largest absolute Gasteiger partial charge is 0.383 e. The van der Waals surface area contributed by atoms with Gasteiger partial charge in [0.2, 0.25) is 0 Å². The number of likely N-dealkylation sites (tertiary alicyclic amines) is 1. The monoisotopic (exact) mass is 310 g/mol. The highest BCUT2D eigenvalue weighted by Gasteiger charge is 2.30. The van der Waals surface area contributed by atoms with Crippen LogP contribution in [-0.2, 0) is 4.74 Å². The first-order valence-electron chi connectivity index (χ1n) is 6.54. The molecule has 1 fully saturated rings. The lowest BCUT2D eigenvalue weighted by Crippen LogP contribution is -2.37. The van der Waals surface area contributed by atoms with Crippen molar-refractivity contribution < 1.29 is 9.53 Å². The van der Waals surface area contributed by atoms with Gasteiger partial charge < -0.3 is 9.64 Å². The fourth-order valence-corrected chi connectivity index (χ4v) is 3.87. The van der Waals surface area contributed by atoms with Crippen molar-refractivity contribution in [3.63, 3.8) is 0 Å². The molecular formula is C14H15ClN2O2S. The highest BCUT2D eigenvalue weighted by atomic mass is 35.5. The Morgan fingerprint density at radius 1 is 1.65 bits per heavy atom. The van der Waals surface area contributed by atoms with Crippen LogP contribution in [0.5, 0.6) is 0 Å². The Labute approximate surface area is 126 Å². The van der Waals surface area contributed by atoms with E-state index >= 15 is 0 Å². The molecule has 0 radical (unpaired) electrons. The van der Waals surface area contributed by atoms with E-state index in [-0.39, 0.29) is 11.9 Å². The van der Waals surface area contributed by atoms with Gasteiger partial charge in [0.1, 0.15) is 0 Å². The van der Waals surface area contributed by atoms with Gasteiger partial charge >= 0.3 is 0 Å². The molecule has 1 aliphatic rings. The summed E-state index contributed by atoms with van der Waals surface area (Å²) in [5.41, 5.74) is 0.785. The second-order valence-corrected chi connectivity index (χ2v) is 6.33. The minimum Gasteiger partial charge on any atom is -0.383 e. The molecule has 0 N–H and O–H groups in total. The highest BCUT2D eigenvalue weighted by molar-refractivity contribution is 7.21. The summed E-state index contributed by atoms with van der Waals surface area (Å²) in [5, 5.41) is 0.647. The Hall–Kier alpha value is -1.17. The van der Waals surface area contributed by atoms with Gasteiger partial charge in [-0.3, -0.25) is 9.78 Å². The number of rotatable bonds is 3. The molecule has 3 rings (SSSR count). The number of aromatic nitrogens is 1. The van der Waals surface area contributed by atoms with Gasteiger partial charge in [0.05, 0.1) is 32.8 Å². The molecule has 1 amide bonds. The number of carbonyl (C=O) groups is 1. The maximum atomic E-state index is 12.6. The van der Waals surface area contributed by atoms with Crippen LogP contribution >= 0.6 is 22.9 Å². The molecule has 6 heteroatoms. The summed E-state index contributed by atoms with van der Waals surface area (Å²) in [6, 6.07) is 3.76. The Balaban J connectivity index is 1.90. The van der Waals surface area contributed by atoms with E-state index < -0.39 is 0 Å². The van der Waals surface area contributed by atoms with E-state index in [1.807, 2.05) is 11.0 Å². The van der Waals surface area contributed by atoms with E-state index in [2.05, 4.69) is 4.98 Å². The fraction of sp³-hybridized carbons (Fsp3) is 0.429. The third-order valence-electron chi connectivity index (χ3n) is 3.57. The summed E-state index contributed by atoms with van der Waals surface area (Å²) >= 11 is 7.55. The standard InChI is InChI=1S/C14H15ClN2O2S/c1-19-8-9-3-2-6-17(9)14(18)12-7-11-13(20-12)10(15)4-5-16-11/h4-5,7,9H,2-3,6,8H2,1H3/t9-/m1/s1. The molecule has 4 nitrogen and oxygen atoms in total. The van der Waals surface area contributed by atoms with Crippen LogP contribution in [0.2, 0.25) is 5.02 Å². The first-order chi connectivity index (χ1) is 9.70. The van der Waals surface area contributed by atoms with Crippen LogP contribution in [0, 0.1) is 0 Å². The quantitative estimate of drug-likeness (QED) is 0.874. The third kappa shape index (κ3) is 2.41. The maximum absolute atomic E-state index is 12.6. The van der Waals surface area contributed by atoms with Crippen LogP contribution in [0.3, 0.4) is 0 Å². The summed E-state index contributed by atoms with van der Waals surface area (Å²) < 4.78 is 6.07. The smallest absolute Gasteiger partial charge is 0.264 e. The van der Waals surface area contributed by atoms with Crippen LogP contribution in [0.4, 0.5) is 0 Å². The molecule has 1 atom stereocenters. The molecule has 2 aromatic heterocycles. The first-order valence-corrected chi connectivity index (χ1v) is 7.74. The van der Waals surface area contributed by atoms with E-state index in [1.165, 1.54) is 11.3 Å². The maximum Gasteiger partial charge on any atom is 0.264 e. The van der Waals surface area contributed by atoms with Crippen molar-refractivity contribution in [2.75, 3.05) is 20.3 Å². The second-order valence-electron chi connectivity index (χ2n) is 4.87. The van der Waals surface area contributed by atoms with E-state index in [0.29, 0.717) is 16.5 Å². The molecule has 1 saturated heterocycles. The van der Waals surface area contributed by atoms with Gasteiger partial charge in [-0.1, -0.05) is 11.6 Å². The van der Waals surface area contributed by atoms with Gasteiger partial charge in [0.15, 0.2) is 0 Å². The van der Waals surface area contributed by atoms with Crippen LogP contribution in [0.1, 0.15) is 22.5 Å². The zero-order chi connectivity index (χ0) is 14.1. The molecule has 1 aliphatic heterocycles. The predicted octanol–water partition coefficient (Wildman–Crippen LogP) is 3.20. The second kappa shape index (κ2) is 5.68. The first kappa shape index (κ1) is 13.8. The minimum absolute atomic E-state index is 0.0589. The molecule has 0 aromatic carbocycles. The van der Waals surface area contributed by atoms with Crippen LogP contribution in [0.15, 0.2) is 18.3 Å². The van der Waals surface area contributed by atoms with E-state index in [4.69, 9.17) is 16.3 Å². The van der Waals surface area contributed by atoms with Crippen molar-refractivity contribution in [1.82, 2.24) is 9.88 Å². The Morgan fingerprint density at radius 2 is 2.50 bits per heavy atom. The molecule has 0 unspecified atom stereocenters. The molecule has 0 saturated carbocycles. The van der Waals surface area contributed by atoms with Gasteiger partial charge in [0, 0.05) is 19.9 Å². The van der Waals surface area contributed by atoms with E-state index in [9.17, 15) is 4.79 Å². The number of hydrogen-bond donors (Lipinski definition) is 0. The van der Waals surface area contributed by atoms with E-state index in [1.54, 1.807) is 19.4 Å². The predicted molar refractivity (Wildman–Crippen MR) is 80.6 cm³/mol. The Bertz CT molecular complexity index is 643. The van der Waals surface area contributed by atoms with Crippen LogP contribution < -0.4 is 0 Å². The molecule has 0 bridgehead atoms. The normalized spacial score (nSPS) is 18.9. The van der Waals surface area contributed by atoms with Crippen molar-refractivity contribution in [3.05, 3.63) is 28.2 Å². The SMILES string of the molecule is COC[C@H]1CCCN1C(=O)c1cc2nccc(Cl)c2s1. The molecule has 0 spiro atoms. The summed E-state index contributed by atoms with van der Waals surface area (Å²) in [4.78, 5) is 19.5. The third-order valence-corrected chi connectivity index (χ3v) is 5.14. The van der Waals surface area contributed by atoms with Crippen LogP contribution in [0.25, 0.3) is 10.2 Å². The average molecular weight is 311 g/mol. The van der Waals surface area contributed by atoms with Crippen molar-refractivity contribution in [2.45, 2.75) is 18.9 Å². The molecular weight excluding hydrogens is 296 g/mol. The zero-order valence-corrected chi connectivity index (χ0v) is 12.7. The molecule has 2 aromatic rings. The summed E-state index contributed by atoms with van der Waals surface area (Å²) in [5.74, 6) is 0.0589. The van der Waals surface area contributed by atoms with Crippen molar-refractivity contribution in [1.29, 1.82) is 0 Å². The number of methoxy groups -OCH3 is 1. The number of amides is 1. The van der Waals surface area contributed by atoms with Gasteiger partial charge in [0.25, 0.3) is 5.91 Å². The lowest BCUT2D eigenvalue weighted by atomic mass is 10.2. The number of thiophene rings is 1. The van der Waals surface area contributed by atoms with Gasteiger partial charge in [-0.2, -0.15) is 0 Å². The van der Waals surface area contributed by atoms with Crippen molar-refractivity contribution in [2.24, 2.45) is 0 Å². The molecule has 106 valence electrons. The van der Waals surface area contributed by atoms with Gasteiger partial charge in [-0.05, 0) is 25.0 Å². The topological polar surface area (TPSA) is 42.4 Å².